The summed E-state index contributed by atoms with van der Waals surface area (Å²) in [6, 6.07) is 0.420. The molecule has 3 rings (SSSR count). The third-order valence-corrected chi connectivity index (χ3v) is 3.11. The monoisotopic (exact) mass is 167 g/mol. The molecule has 3 aliphatic rings. The van der Waals surface area contributed by atoms with E-state index in [-0.39, 0.29) is 0 Å². The summed E-state index contributed by atoms with van der Waals surface area (Å²) < 4.78 is 5.44. The third kappa shape index (κ3) is 0.891. The lowest BCUT2D eigenvalue weighted by Crippen LogP contribution is -2.42. The van der Waals surface area contributed by atoms with Gasteiger partial charge in [-0.25, -0.2) is 0 Å². The molecule has 66 valence electrons. The molecule has 3 nitrogen and oxygen atoms in total. The zero-order chi connectivity index (χ0) is 8.13. The van der Waals surface area contributed by atoms with Crippen molar-refractivity contribution in [3.05, 3.63) is 0 Å². The van der Waals surface area contributed by atoms with Crippen molar-refractivity contribution in [2.45, 2.75) is 31.4 Å². The Morgan fingerprint density at radius 1 is 1.42 bits per heavy atom. The Morgan fingerprint density at radius 3 is 2.75 bits per heavy atom. The van der Waals surface area contributed by atoms with Crippen LogP contribution in [0, 0.1) is 5.92 Å². The summed E-state index contributed by atoms with van der Waals surface area (Å²) in [4.78, 5) is 13.7. The van der Waals surface area contributed by atoms with Crippen LogP contribution in [-0.2, 0) is 9.53 Å². The number of likely N-dealkylation sites (tertiary alicyclic amines) is 1. The van der Waals surface area contributed by atoms with Crippen molar-refractivity contribution in [1.29, 1.82) is 0 Å². The Morgan fingerprint density at radius 2 is 2.25 bits per heavy atom. The van der Waals surface area contributed by atoms with E-state index in [4.69, 9.17) is 4.74 Å². The Hall–Kier alpha value is -0.570. The van der Waals surface area contributed by atoms with Crippen molar-refractivity contribution in [2.75, 3.05) is 13.2 Å². The van der Waals surface area contributed by atoms with E-state index < -0.39 is 0 Å². The van der Waals surface area contributed by atoms with Gasteiger partial charge in [-0.15, -0.1) is 0 Å². The van der Waals surface area contributed by atoms with Crippen LogP contribution < -0.4 is 0 Å². The fourth-order valence-corrected chi connectivity index (χ4v) is 2.23. The summed E-state index contributed by atoms with van der Waals surface area (Å²) in [5, 5.41) is 0. The molecular formula is C9H13NO2. The summed E-state index contributed by atoms with van der Waals surface area (Å²) in [5.74, 6) is 0.773. The van der Waals surface area contributed by atoms with Gasteiger partial charge in [0, 0.05) is 12.5 Å². The Kier molecular flexibility index (Phi) is 1.28. The van der Waals surface area contributed by atoms with Gasteiger partial charge in [-0.1, -0.05) is 0 Å². The number of morpholine rings is 1. The molecule has 0 N–H and O–H groups in total. The largest absolute Gasteiger partial charge is 0.374 e. The van der Waals surface area contributed by atoms with Crippen LogP contribution >= 0.6 is 0 Å². The van der Waals surface area contributed by atoms with Gasteiger partial charge in [-0.05, 0) is 19.3 Å². The maximum absolute atomic E-state index is 11.7. The van der Waals surface area contributed by atoms with Gasteiger partial charge in [-0.2, -0.15) is 0 Å². The van der Waals surface area contributed by atoms with E-state index in [9.17, 15) is 4.79 Å². The maximum atomic E-state index is 11.7. The van der Waals surface area contributed by atoms with Gasteiger partial charge >= 0.3 is 0 Å². The molecule has 0 aromatic rings. The molecule has 2 aliphatic heterocycles. The van der Waals surface area contributed by atoms with Crippen molar-refractivity contribution in [3.63, 3.8) is 0 Å². The van der Waals surface area contributed by atoms with Crippen molar-refractivity contribution in [3.8, 4) is 0 Å². The van der Waals surface area contributed by atoms with Gasteiger partial charge in [-0.3, -0.25) is 4.79 Å². The minimum absolute atomic E-state index is 0.359. The smallest absolute Gasteiger partial charge is 0.226 e. The number of hydrogen-bond donors (Lipinski definition) is 0. The minimum atomic E-state index is 0.359. The van der Waals surface area contributed by atoms with Crippen molar-refractivity contribution in [1.82, 2.24) is 4.90 Å². The number of fused-ring (bicyclic) bond motifs is 2. The van der Waals surface area contributed by atoms with E-state index in [0.717, 1.165) is 32.4 Å². The second-order valence-electron chi connectivity index (χ2n) is 4.11. The first-order valence-corrected chi connectivity index (χ1v) is 4.76. The number of ether oxygens (including phenoxy) is 1. The van der Waals surface area contributed by atoms with Crippen LogP contribution in [0.25, 0.3) is 0 Å². The summed E-state index contributed by atoms with van der Waals surface area (Å²) in [7, 11) is 0. The molecule has 1 saturated carbocycles. The van der Waals surface area contributed by atoms with E-state index in [0.29, 0.717) is 24.0 Å². The molecule has 0 aromatic carbocycles. The molecule has 2 unspecified atom stereocenters. The van der Waals surface area contributed by atoms with Crippen LogP contribution in [0.1, 0.15) is 19.3 Å². The topological polar surface area (TPSA) is 29.5 Å². The van der Waals surface area contributed by atoms with Gasteiger partial charge in [0.05, 0.1) is 18.8 Å². The van der Waals surface area contributed by atoms with Crippen LogP contribution in [0.15, 0.2) is 0 Å². The van der Waals surface area contributed by atoms with E-state index in [2.05, 4.69) is 0 Å². The fourth-order valence-electron chi connectivity index (χ4n) is 2.23. The average molecular weight is 167 g/mol. The first-order valence-electron chi connectivity index (χ1n) is 4.76. The lowest BCUT2D eigenvalue weighted by molar-refractivity contribution is -0.137. The Balaban J connectivity index is 1.73. The van der Waals surface area contributed by atoms with E-state index in [1.807, 2.05) is 4.90 Å². The summed E-state index contributed by atoms with van der Waals surface area (Å²) in [6.45, 7) is 1.64. The predicted molar refractivity (Wildman–Crippen MR) is 42.6 cm³/mol. The van der Waals surface area contributed by atoms with Crippen LogP contribution in [0.4, 0.5) is 0 Å². The molecule has 1 amide bonds. The average Bonchev–Trinajstić information content (AvgIpc) is 2.73. The van der Waals surface area contributed by atoms with Crippen LogP contribution in [-0.4, -0.2) is 36.1 Å². The number of rotatable bonds is 1. The van der Waals surface area contributed by atoms with Crippen molar-refractivity contribution < 1.29 is 9.53 Å². The quantitative estimate of drug-likeness (QED) is 0.565. The summed E-state index contributed by atoms with van der Waals surface area (Å²) in [5.41, 5.74) is 0. The molecule has 0 radical (unpaired) electrons. The second-order valence-corrected chi connectivity index (χ2v) is 4.11. The maximum Gasteiger partial charge on any atom is 0.226 e. The van der Waals surface area contributed by atoms with Gasteiger partial charge in [0.15, 0.2) is 0 Å². The first kappa shape index (κ1) is 6.89. The highest BCUT2D eigenvalue weighted by atomic mass is 16.5. The molecular weight excluding hydrogens is 154 g/mol. The number of hydrogen-bond acceptors (Lipinski definition) is 2. The molecule has 0 aromatic heterocycles. The number of nitrogens with zero attached hydrogens (tertiary/aromatic N) is 1. The number of carbonyl (C=O) groups excluding carboxylic acids is 1. The fraction of sp³-hybridized carbons (Fsp3) is 0.889. The lowest BCUT2D eigenvalue weighted by atomic mass is 10.2. The molecule has 12 heavy (non-hydrogen) atoms. The van der Waals surface area contributed by atoms with E-state index in [1.165, 1.54) is 0 Å². The highest BCUT2D eigenvalue weighted by Gasteiger charge is 2.45. The van der Waals surface area contributed by atoms with Gasteiger partial charge in [0.25, 0.3) is 0 Å². The van der Waals surface area contributed by atoms with E-state index in [1.54, 1.807) is 0 Å². The highest BCUT2D eigenvalue weighted by Crippen LogP contribution is 2.36. The molecule has 1 aliphatic carbocycles. The van der Waals surface area contributed by atoms with Crippen LogP contribution in [0.2, 0.25) is 0 Å². The Bertz CT molecular complexity index is 225. The summed E-state index contributed by atoms with van der Waals surface area (Å²) >= 11 is 0. The predicted octanol–water partition coefficient (Wildman–Crippen LogP) is 0.396. The zero-order valence-corrected chi connectivity index (χ0v) is 7.03. The highest BCUT2D eigenvalue weighted by molar-refractivity contribution is 5.81. The summed E-state index contributed by atoms with van der Waals surface area (Å²) in [6.07, 6.45) is 3.68. The third-order valence-electron chi connectivity index (χ3n) is 3.11. The van der Waals surface area contributed by atoms with E-state index >= 15 is 0 Å². The minimum Gasteiger partial charge on any atom is -0.374 e. The standard InChI is InChI=1S/C9H13NO2/c11-9(6-1-2-6)10-4-8-3-7(10)5-12-8/h6-8H,1-5H2. The molecule has 2 atom stereocenters. The van der Waals surface area contributed by atoms with Crippen LogP contribution in [0.5, 0.6) is 0 Å². The zero-order valence-electron chi connectivity index (χ0n) is 7.03. The molecule has 3 fully saturated rings. The molecule has 2 heterocycles. The van der Waals surface area contributed by atoms with Gasteiger partial charge < -0.3 is 9.64 Å². The molecule has 2 bridgehead atoms. The van der Waals surface area contributed by atoms with Crippen molar-refractivity contribution in [2.24, 2.45) is 5.92 Å². The number of amides is 1. The molecule has 2 saturated heterocycles. The molecule has 3 heteroatoms. The molecule has 0 spiro atoms. The van der Waals surface area contributed by atoms with Gasteiger partial charge in [0.2, 0.25) is 5.91 Å². The lowest BCUT2D eigenvalue weighted by Gasteiger charge is -2.26. The second kappa shape index (κ2) is 2.22. The normalized spacial score (nSPS) is 39.2. The van der Waals surface area contributed by atoms with Crippen molar-refractivity contribution >= 4 is 5.91 Å². The first-order chi connectivity index (χ1) is 5.84. The van der Waals surface area contributed by atoms with Gasteiger partial charge in [0.1, 0.15) is 0 Å². The SMILES string of the molecule is O=C(C1CC1)N1CC2CC1CO2. The number of carbonyl (C=O) groups is 1. The van der Waals surface area contributed by atoms with Crippen LogP contribution in [0.3, 0.4) is 0 Å². The Labute approximate surface area is 71.7 Å².